The van der Waals surface area contributed by atoms with Gasteiger partial charge in [0.25, 0.3) is 0 Å². The van der Waals surface area contributed by atoms with Crippen LogP contribution in [0.1, 0.15) is 20.3 Å². The highest BCUT2D eigenvalue weighted by Gasteiger charge is 1.99. The van der Waals surface area contributed by atoms with E-state index in [0.29, 0.717) is 19.1 Å². The van der Waals surface area contributed by atoms with Crippen molar-refractivity contribution < 1.29 is 14.6 Å². The molecule has 4 nitrogen and oxygen atoms in total. The molecule has 0 fully saturated rings. The fraction of sp³-hybridized carbons (Fsp3) is 0.462. The van der Waals surface area contributed by atoms with Gasteiger partial charge in [-0.25, -0.2) is 0 Å². The molecule has 0 aliphatic heterocycles. The number of anilines is 1. The van der Waals surface area contributed by atoms with E-state index in [1.807, 2.05) is 24.3 Å². The van der Waals surface area contributed by atoms with Gasteiger partial charge in [-0.05, 0) is 30.2 Å². The number of ether oxygens (including phenoxy) is 1. The average Bonchev–Trinajstić information content (AvgIpc) is 2.27. The molecule has 94 valence electrons. The second kappa shape index (κ2) is 6.78. The predicted molar refractivity (Wildman–Crippen MR) is 67.5 cm³/mol. The van der Waals surface area contributed by atoms with E-state index in [4.69, 9.17) is 9.84 Å². The highest BCUT2D eigenvalue weighted by Crippen LogP contribution is 2.16. The first-order valence-electron chi connectivity index (χ1n) is 5.76. The number of carboxylic acid groups (broad SMARTS) is 1. The van der Waals surface area contributed by atoms with Crippen molar-refractivity contribution in [3.05, 3.63) is 24.3 Å². The van der Waals surface area contributed by atoms with E-state index in [2.05, 4.69) is 19.2 Å². The van der Waals surface area contributed by atoms with Crippen LogP contribution in [0.5, 0.6) is 5.75 Å². The maximum absolute atomic E-state index is 10.3. The van der Waals surface area contributed by atoms with Crippen molar-refractivity contribution in [2.45, 2.75) is 20.3 Å². The monoisotopic (exact) mass is 237 g/mol. The Morgan fingerprint density at radius 3 is 2.53 bits per heavy atom. The van der Waals surface area contributed by atoms with Crippen LogP contribution in [0.3, 0.4) is 0 Å². The van der Waals surface area contributed by atoms with Gasteiger partial charge in [-0.2, -0.15) is 0 Å². The van der Waals surface area contributed by atoms with E-state index < -0.39 is 5.97 Å². The van der Waals surface area contributed by atoms with Crippen molar-refractivity contribution >= 4 is 11.7 Å². The first-order valence-corrected chi connectivity index (χ1v) is 5.76. The van der Waals surface area contributed by atoms with Crippen LogP contribution < -0.4 is 10.1 Å². The van der Waals surface area contributed by atoms with E-state index in [1.54, 1.807) is 0 Å². The highest BCUT2D eigenvalue weighted by molar-refractivity contribution is 5.67. The minimum Gasteiger partial charge on any atom is -0.493 e. The van der Waals surface area contributed by atoms with Gasteiger partial charge in [0, 0.05) is 12.2 Å². The molecule has 2 N–H and O–H groups in total. The summed E-state index contributed by atoms with van der Waals surface area (Å²) < 4.78 is 5.54. The minimum atomic E-state index is -0.797. The van der Waals surface area contributed by atoms with E-state index in [9.17, 15) is 4.79 Å². The van der Waals surface area contributed by atoms with Crippen LogP contribution in [0.2, 0.25) is 0 Å². The van der Waals surface area contributed by atoms with Crippen molar-refractivity contribution in [1.29, 1.82) is 0 Å². The van der Waals surface area contributed by atoms with Crippen LogP contribution in [0, 0.1) is 5.92 Å². The topological polar surface area (TPSA) is 58.6 Å². The Morgan fingerprint density at radius 2 is 2.00 bits per heavy atom. The quantitative estimate of drug-likeness (QED) is 0.765. The first-order chi connectivity index (χ1) is 8.08. The average molecular weight is 237 g/mol. The van der Waals surface area contributed by atoms with Gasteiger partial charge in [0.1, 0.15) is 5.75 Å². The molecular formula is C13H19NO3. The zero-order valence-electron chi connectivity index (χ0n) is 10.3. The van der Waals surface area contributed by atoms with Gasteiger partial charge in [-0.15, -0.1) is 0 Å². The van der Waals surface area contributed by atoms with Crippen molar-refractivity contribution in [2.24, 2.45) is 5.92 Å². The number of rotatable bonds is 7. The molecule has 0 amide bonds. The zero-order valence-corrected chi connectivity index (χ0v) is 10.3. The minimum absolute atomic E-state index is 0.117. The van der Waals surface area contributed by atoms with Gasteiger partial charge in [0.15, 0.2) is 0 Å². The molecule has 0 saturated heterocycles. The molecule has 1 aromatic carbocycles. The van der Waals surface area contributed by atoms with E-state index in [-0.39, 0.29) is 6.42 Å². The summed E-state index contributed by atoms with van der Waals surface area (Å²) in [7, 11) is 0. The van der Waals surface area contributed by atoms with Crippen molar-refractivity contribution in [2.75, 3.05) is 18.5 Å². The summed E-state index contributed by atoms with van der Waals surface area (Å²) in [6.07, 6.45) is 0.117. The van der Waals surface area contributed by atoms with E-state index >= 15 is 0 Å². The van der Waals surface area contributed by atoms with Gasteiger partial charge in [-0.3, -0.25) is 4.79 Å². The fourth-order valence-corrected chi connectivity index (χ4v) is 1.25. The van der Waals surface area contributed by atoms with Gasteiger partial charge in [0.2, 0.25) is 0 Å². The molecule has 0 aromatic heterocycles. The molecule has 17 heavy (non-hydrogen) atoms. The van der Waals surface area contributed by atoms with Crippen molar-refractivity contribution in [1.82, 2.24) is 0 Å². The van der Waals surface area contributed by atoms with Crippen LogP contribution in [0.4, 0.5) is 5.69 Å². The van der Waals surface area contributed by atoms with Gasteiger partial charge < -0.3 is 15.2 Å². The maximum Gasteiger partial charge on any atom is 0.305 e. The molecule has 0 aliphatic rings. The smallest absolute Gasteiger partial charge is 0.305 e. The van der Waals surface area contributed by atoms with Crippen LogP contribution >= 0.6 is 0 Å². The van der Waals surface area contributed by atoms with Crippen LogP contribution in [0.25, 0.3) is 0 Å². The standard InChI is InChI=1S/C13H19NO3/c1-10(2)9-17-12-5-3-11(4-6-12)14-8-7-13(15)16/h3-6,10,14H,7-9H2,1-2H3,(H,15,16). The summed E-state index contributed by atoms with van der Waals surface area (Å²) in [4.78, 5) is 10.3. The number of carboxylic acids is 1. The Bertz CT molecular complexity index is 346. The molecule has 1 rings (SSSR count). The Labute approximate surface area is 102 Å². The molecule has 0 unspecified atom stereocenters. The van der Waals surface area contributed by atoms with Crippen molar-refractivity contribution in [3.63, 3.8) is 0 Å². The normalized spacial score (nSPS) is 10.3. The second-order valence-electron chi connectivity index (χ2n) is 4.30. The Balaban J connectivity index is 2.36. The fourth-order valence-electron chi connectivity index (χ4n) is 1.25. The van der Waals surface area contributed by atoms with Crippen LogP contribution in [-0.2, 0) is 4.79 Å². The third-order valence-corrected chi connectivity index (χ3v) is 2.11. The first kappa shape index (κ1) is 13.4. The number of hydrogen-bond donors (Lipinski definition) is 2. The van der Waals surface area contributed by atoms with E-state index in [1.165, 1.54) is 0 Å². The molecule has 0 saturated carbocycles. The zero-order chi connectivity index (χ0) is 12.7. The molecule has 0 heterocycles. The largest absolute Gasteiger partial charge is 0.493 e. The summed E-state index contributed by atoms with van der Waals surface area (Å²) in [5, 5.41) is 11.5. The summed E-state index contributed by atoms with van der Waals surface area (Å²) in [5.74, 6) is 0.542. The van der Waals surface area contributed by atoms with Gasteiger partial charge in [0.05, 0.1) is 13.0 Å². The maximum atomic E-state index is 10.3. The van der Waals surface area contributed by atoms with Gasteiger partial charge in [-0.1, -0.05) is 13.8 Å². The number of carbonyl (C=O) groups is 1. The van der Waals surface area contributed by atoms with Gasteiger partial charge >= 0.3 is 5.97 Å². The second-order valence-corrected chi connectivity index (χ2v) is 4.30. The molecule has 0 spiro atoms. The number of hydrogen-bond acceptors (Lipinski definition) is 3. The van der Waals surface area contributed by atoms with Crippen LogP contribution in [-0.4, -0.2) is 24.2 Å². The van der Waals surface area contributed by atoms with Crippen LogP contribution in [0.15, 0.2) is 24.3 Å². The summed E-state index contributed by atoms with van der Waals surface area (Å²) in [5.41, 5.74) is 0.906. The molecule has 0 aliphatic carbocycles. The van der Waals surface area contributed by atoms with Crippen molar-refractivity contribution in [3.8, 4) is 5.75 Å². The third kappa shape index (κ3) is 5.80. The highest BCUT2D eigenvalue weighted by atomic mass is 16.5. The Hall–Kier alpha value is -1.71. The number of benzene rings is 1. The van der Waals surface area contributed by atoms with E-state index in [0.717, 1.165) is 11.4 Å². The summed E-state index contributed by atoms with van der Waals surface area (Å²) in [6.45, 7) is 5.33. The summed E-state index contributed by atoms with van der Waals surface area (Å²) in [6, 6.07) is 7.53. The molecule has 0 bridgehead atoms. The number of nitrogens with one attached hydrogen (secondary N) is 1. The molecule has 0 radical (unpaired) electrons. The lowest BCUT2D eigenvalue weighted by Crippen LogP contribution is -2.07. The molecule has 4 heteroatoms. The lowest BCUT2D eigenvalue weighted by atomic mass is 10.2. The number of aliphatic carboxylic acids is 1. The molecule has 0 atom stereocenters. The third-order valence-electron chi connectivity index (χ3n) is 2.11. The summed E-state index contributed by atoms with van der Waals surface area (Å²) >= 11 is 0. The lowest BCUT2D eigenvalue weighted by Gasteiger charge is -2.09. The molecular weight excluding hydrogens is 218 g/mol. The lowest BCUT2D eigenvalue weighted by molar-refractivity contribution is -0.136. The Morgan fingerprint density at radius 1 is 1.35 bits per heavy atom. The Kier molecular flexibility index (Phi) is 5.33. The predicted octanol–water partition coefficient (Wildman–Crippen LogP) is 2.61. The molecule has 1 aromatic rings. The SMILES string of the molecule is CC(C)COc1ccc(NCCC(=O)O)cc1.